The Morgan fingerprint density at radius 3 is 2.50 bits per heavy atom. The smallest absolute Gasteiger partial charge is 0.223 e. The highest BCUT2D eigenvalue weighted by molar-refractivity contribution is 7.98. The lowest BCUT2D eigenvalue weighted by atomic mass is 9.95. The van der Waals surface area contributed by atoms with Crippen LogP contribution in [0.1, 0.15) is 24.0 Å². The predicted molar refractivity (Wildman–Crippen MR) is 125 cm³/mol. The molecule has 0 bridgehead atoms. The van der Waals surface area contributed by atoms with E-state index >= 15 is 0 Å². The van der Waals surface area contributed by atoms with E-state index in [-0.39, 0.29) is 17.6 Å². The molecule has 162 valence electrons. The van der Waals surface area contributed by atoms with Crippen molar-refractivity contribution in [3.63, 3.8) is 0 Å². The number of likely N-dealkylation sites (tertiary alicyclic amines) is 1. The van der Waals surface area contributed by atoms with Crippen molar-refractivity contribution >= 4 is 52.5 Å². The van der Waals surface area contributed by atoms with Crippen LogP contribution in [0.2, 0.25) is 15.1 Å². The first-order chi connectivity index (χ1) is 14.4. The van der Waals surface area contributed by atoms with Crippen LogP contribution in [0, 0.1) is 11.7 Å². The van der Waals surface area contributed by atoms with Crippen molar-refractivity contribution in [3.05, 3.63) is 68.4 Å². The largest absolute Gasteiger partial charge is 0.355 e. The number of nitrogens with one attached hydrogen (secondary N) is 1. The molecule has 0 saturated carbocycles. The summed E-state index contributed by atoms with van der Waals surface area (Å²) in [5, 5.41) is 4.77. The van der Waals surface area contributed by atoms with Crippen LogP contribution < -0.4 is 5.32 Å². The molecular formula is C22H24Cl3FN2OS. The summed E-state index contributed by atoms with van der Waals surface area (Å²) in [4.78, 5) is 14.6. The van der Waals surface area contributed by atoms with Gasteiger partial charge in [-0.3, -0.25) is 9.69 Å². The number of amides is 1. The van der Waals surface area contributed by atoms with Gasteiger partial charge in [0.2, 0.25) is 5.91 Å². The highest BCUT2D eigenvalue weighted by Gasteiger charge is 2.25. The minimum atomic E-state index is -0.280. The number of piperidine rings is 1. The SMILES string of the molecule is O=C(NCCSCc1c(Cl)cccc1Cl)C1CCN(Cc2ccc(Cl)cc2F)CC1. The van der Waals surface area contributed by atoms with E-state index in [1.807, 2.05) is 18.2 Å². The molecule has 0 aromatic heterocycles. The summed E-state index contributed by atoms with van der Waals surface area (Å²) in [6, 6.07) is 10.3. The Balaban J connectivity index is 1.34. The fourth-order valence-corrected chi connectivity index (χ4v) is 5.23. The average Bonchev–Trinajstić information content (AvgIpc) is 2.72. The molecule has 0 radical (unpaired) electrons. The summed E-state index contributed by atoms with van der Waals surface area (Å²) < 4.78 is 14.0. The molecule has 1 aliphatic rings. The van der Waals surface area contributed by atoms with Crippen LogP contribution in [0.3, 0.4) is 0 Å². The third-order valence-electron chi connectivity index (χ3n) is 5.22. The van der Waals surface area contributed by atoms with Gasteiger partial charge in [-0.25, -0.2) is 4.39 Å². The van der Waals surface area contributed by atoms with E-state index < -0.39 is 0 Å². The van der Waals surface area contributed by atoms with E-state index in [1.54, 1.807) is 23.9 Å². The summed E-state index contributed by atoms with van der Waals surface area (Å²) in [6.45, 7) is 2.71. The molecule has 3 rings (SSSR count). The molecule has 2 aromatic carbocycles. The molecule has 0 spiro atoms. The molecule has 30 heavy (non-hydrogen) atoms. The highest BCUT2D eigenvalue weighted by atomic mass is 35.5. The Kier molecular flexibility index (Phi) is 9.14. The van der Waals surface area contributed by atoms with Gasteiger partial charge in [-0.05, 0) is 55.8 Å². The summed E-state index contributed by atoms with van der Waals surface area (Å²) in [6.07, 6.45) is 1.56. The first-order valence-electron chi connectivity index (χ1n) is 9.88. The molecular weight excluding hydrogens is 466 g/mol. The first-order valence-corrected chi connectivity index (χ1v) is 12.2. The van der Waals surface area contributed by atoms with Gasteiger partial charge in [0.15, 0.2) is 0 Å². The van der Waals surface area contributed by atoms with Crippen molar-refractivity contribution in [3.8, 4) is 0 Å². The van der Waals surface area contributed by atoms with Gasteiger partial charge in [0.25, 0.3) is 0 Å². The van der Waals surface area contributed by atoms with Crippen LogP contribution >= 0.6 is 46.6 Å². The van der Waals surface area contributed by atoms with Gasteiger partial charge in [-0.15, -0.1) is 0 Å². The summed E-state index contributed by atoms with van der Waals surface area (Å²) in [5.74, 6) is 1.34. The molecule has 1 saturated heterocycles. The van der Waals surface area contributed by atoms with Crippen LogP contribution in [0.15, 0.2) is 36.4 Å². The first kappa shape index (κ1) is 23.7. The van der Waals surface area contributed by atoms with Gasteiger partial charge in [0.1, 0.15) is 5.82 Å². The number of nitrogens with zero attached hydrogens (tertiary/aromatic N) is 1. The van der Waals surface area contributed by atoms with Crippen molar-refractivity contribution in [2.75, 3.05) is 25.4 Å². The standard InChI is InChI=1S/C22H24Cl3FN2OS/c23-17-5-4-16(21(26)12-17)13-28-9-6-15(7-10-28)22(29)27-8-11-30-14-18-19(24)2-1-3-20(18)25/h1-5,12,15H,6-11,13-14H2,(H,27,29). The third-order valence-corrected chi connectivity index (χ3v) is 7.15. The lowest BCUT2D eigenvalue weighted by molar-refractivity contribution is -0.126. The number of rotatable bonds is 8. The van der Waals surface area contributed by atoms with E-state index in [2.05, 4.69) is 10.2 Å². The number of hydrogen-bond acceptors (Lipinski definition) is 3. The molecule has 1 fully saturated rings. The lowest BCUT2D eigenvalue weighted by Gasteiger charge is -2.31. The number of carbonyl (C=O) groups excluding carboxylic acids is 1. The molecule has 3 nitrogen and oxygen atoms in total. The number of hydrogen-bond donors (Lipinski definition) is 1. The van der Waals surface area contributed by atoms with Gasteiger partial charge in [-0.2, -0.15) is 11.8 Å². The maximum absolute atomic E-state index is 14.0. The van der Waals surface area contributed by atoms with Crippen LogP contribution in [0.25, 0.3) is 0 Å². The molecule has 0 atom stereocenters. The number of carbonyl (C=O) groups is 1. The quantitative estimate of drug-likeness (QED) is 0.458. The lowest BCUT2D eigenvalue weighted by Crippen LogP contribution is -2.40. The summed E-state index contributed by atoms with van der Waals surface area (Å²) in [7, 11) is 0. The van der Waals surface area contributed by atoms with E-state index in [1.165, 1.54) is 6.07 Å². The molecule has 2 aromatic rings. The second-order valence-electron chi connectivity index (χ2n) is 7.33. The van der Waals surface area contributed by atoms with E-state index in [0.29, 0.717) is 39.5 Å². The number of halogens is 4. The van der Waals surface area contributed by atoms with Gasteiger partial charge in [0.05, 0.1) is 0 Å². The van der Waals surface area contributed by atoms with E-state index in [4.69, 9.17) is 34.8 Å². The topological polar surface area (TPSA) is 32.3 Å². The second kappa shape index (κ2) is 11.6. The van der Waals surface area contributed by atoms with Crippen LogP contribution in [0.4, 0.5) is 4.39 Å². The zero-order valence-corrected chi connectivity index (χ0v) is 19.6. The Labute approximate surface area is 196 Å². The van der Waals surface area contributed by atoms with Crippen molar-refractivity contribution in [2.45, 2.75) is 25.1 Å². The maximum atomic E-state index is 14.0. The maximum Gasteiger partial charge on any atom is 0.223 e. The molecule has 1 heterocycles. The van der Waals surface area contributed by atoms with E-state index in [9.17, 15) is 9.18 Å². The molecule has 1 aliphatic heterocycles. The van der Waals surface area contributed by atoms with Crippen LogP contribution in [0.5, 0.6) is 0 Å². The van der Waals surface area contributed by atoms with Crippen LogP contribution in [-0.4, -0.2) is 36.2 Å². The molecule has 1 amide bonds. The number of benzene rings is 2. The minimum Gasteiger partial charge on any atom is -0.355 e. The zero-order chi connectivity index (χ0) is 21.5. The molecule has 8 heteroatoms. The zero-order valence-electron chi connectivity index (χ0n) is 16.5. The Morgan fingerprint density at radius 1 is 1.13 bits per heavy atom. The van der Waals surface area contributed by atoms with E-state index in [0.717, 1.165) is 37.2 Å². The van der Waals surface area contributed by atoms with Gasteiger partial charge >= 0.3 is 0 Å². The molecule has 0 aliphatic carbocycles. The summed E-state index contributed by atoms with van der Waals surface area (Å²) >= 11 is 19.8. The van der Waals surface area contributed by atoms with Crippen molar-refractivity contribution in [2.24, 2.45) is 5.92 Å². The normalized spacial score (nSPS) is 15.3. The fraction of sp³-hybridized carbons (Fsp3) is 0.409. The Morgan fingerprint density at radius 2 is 1.83 bits per heavy atom. The molecule has 1 N–H and O–H groups in total. The van der Waals surface area contributed by atoms with Gasteiger partial charge < -0.3 is 5.32 Å². The Hall–Kier alpha value is -0.980. The number of thioether (sulfide) groups is 1. The van der Waals surface area contributed by atoms with Crippen LogP contribution in [-0.2, 0) is 17.1 Å². The second-order valence-corrected chi connectivity index (χ2v) is 9.69. The summed E-state index contributed by atoms with van der Waals surface area (Å²) in [5.41, 5.74) is 1.57. The average molecular weight is 490 g/mol. The molecule has 0 unspecified atom stereocenters. The predicted octanol–water partition coefficient (Wildman–Crippen LogP) is 6.05. The van der Waals surface area contributed by atoms with Crippen molar-refractivity contribution in [1.82, 2.24) is 10.2 Å². The monoisotopic (exact) mass is 488 g/mol. The van der Waals surface area contributed by atoms with Crippen molar-refractivity contribution in [1.29, 1.82) is 0 Å². The Bertz CT molecular complexity index is 855. The van der Waals surface area contributed by atoms with Gasteiger partial charge in [-0.1, -0.05) is 46.9 Å². The minimum absolute atomic E-state index is 0.0133. The van der Waals surface area contributed by atoms with Gasteiger partial charge in [0, 0.05) is 51.1 Å². The highest BCUT2D eigenvalue weighted by Crippen LogP contribution is 2.28. The third kappa shape index (κ3) is 6.76. The fourth-order valence-electron chi connectivity index (χ4n) is 3.48. The van der Waals surface area contributed by atoms with Crippen molar-refractivity contribution < 1.29 is 9.18 Å².